The largest absolute Gasteiger partial charge is 0.356 e. The number of rotatable bonds is 18. The van der Waals surface area contributed by atoms with Gasteiger partial charge in [-0.1, -0.05) is 38.8 Å². The molecule has 2 aromatic heterocycles. The molecule has 3 atom stereocenters. The summed E-state index contributed by atoms with van der Waals surface area (Å²) in [6.45, 7) is 11.9. The average Bonchev–Trinajstić information content (AvgIpc) is 3.09. The van der Waals surface area contributed by atoms with Crippen LogP contribution in [0.2, 0.25) is 0 Å². The molecule has 13 heteroatoms. The Balaban J connectivity index is 1.76. The van der Waals surface area contributed by atoms with Crippen LogP contribution in [0.4, 0.5) is 0 Å². The molecule has 0 bridgehead atoms. The quantitative estimate of drug-likeness (QED) is 0.101. The van der Waals surface area contributed by atoms with Crippen LogP contribution in [0.25, 0.3) is 0 Å². The van der Waals surface area contributed by atoms with Gasteiger partial charge in [-0.05, 0) is 44.0 Å². The Morgan fingerprint density at radius 1 is 0.714 bits per heavy atom. The van der Waals surface area contributed by atoms with Gasteiger partial charge in [0.2, 0.25) is 17.7 Å². The Kier molecular flexibility index (Phi) is 19.4. The van der Waals surface area contributed by atoms with E-state index in [0.717, 1.165) is 37.1 Å². The standard InChI is InChI=1S/C36H60N10O3/c1-4-7-15-41-34(47)21-31-24-37-19-20-40-32(22-35(48)42-16-8-5-2)25-44-33(26-43-31)23-36(49)46(6-3)45(27-29-13-9-11-17-38-29)28-30-14-10-12-18-39-30/h9-14,17-18,31-33,37,40,43-44H,4-8,15-16,19-28H2,1-3H3,(H,41,47)(H,42,48). The van der Waals surface area contributed by atoms with Crippen LogP contribution in [-0.4, -0.2) is 108 Å². The topological polar surface area (TPSA) is 156 Å². The van der Waals surface area contributed by atoms with Gasteiger partial charge in [-0.15, -0.1) is 0 Å². The number of hydrogen-bond acceptors (Lipinski definition) is 10. The zero-order valence-electron chi connectivity index (χ0n) is 29.9. The van der Waals surface area contributed by atoms with Crippen LogP contribution < -0.4 is 31.9 Å². The Labute approximate surface area is 293 Å². The minimum atomic E-state index is -0.245. The summed E-state index contributed by atoms with van der Waals surface area (Å²) >= 11 is 0. The highest BCUT2D eigenvalue weighted by Gasteiger charge is 2.26. The molecule has 3 heterocycles. The van der Waals surface area contributed by atoms with Crippen molar-refractivity contribution in [2.75, 3.05) is 52.4 Å². The second kappa shape index (κ2) is 23.8. The molecule has 3 rings (SSSR count). The van der Waals surface area contributed by atoms with Crippen molar-refractivity contribution in [3.05, 3.63) is 60.2 Å². The van der Waals surface area contributed by atoms with Crippen molar-refractivity contribution in [3.63, 3.8) is 0 Å². The van der Waals surface area contributed by atoms with Gasteiger partial charge < -0.3 is 31.9 Å². The van der Waals surface area contributed by atoms with Crippen LogP contribution in [0.5, 0.6) is 0 Å². The number of carbonyl (C=O) groups excluding carboxylic acids is 3. The van der Waals surface area contributed by atoms with E-state index in [2.05, 4.69) is 55.7 Å². The molecule has 49 heavy (non-hydrogen) atoms. The molecular formula is C36H60N10O3. The number of hydrazine groups is 1. The van der Waals surface area contributed by atoms with E-state index in [-0.39, 0.29) is 42.3 Å². The molecule has 0 aliphatic carbocycles. The molecule has 3 amide bonds. The fourth-order valence-electron chi connectivity index (χ4n) is 5.74. The highest BCUT2D eigenvalue weighted by atomic mass is 16.2. The normalized spacial score (nSPS) is 19.0. The lowest BCUT2D eigenvalue weighted by molar-refractivity contribution is -0.152. The van der Waals surface area contributed by atoms with E-state index < -0.39 is 0 Å². The first-order valence-corrected chi connectivity index (χ1v) is 18.2. The van der Waals surface area contributed by atoms with Crippen LogP contribution >= 0.6 is 0 Å². The van der Waals surface area contributed by atoms with Gasteiger partial charge >= 0.3 is 0 Å². The molecule has 1 aliphatic heterocycles. The maximum Gasteiger partial charge on any atom is 0.238 e. The van der Waals surface area contributed by atoms with Crippen LogP contribution in [0.1, 0.15) is 77.1 Å². The number of aromatic nitrogens is 2. The molecule has 6 N–H and O–H groups in total. The Morgan fingerprint density at radius 2 is 1.24 bits per heavy atom. The molecule has 0 saturated carbocycles. The second-order valence-electron chi connectivity index (χ2n) is 12.7. The summed E-state index contributed by atoms with van der Waals surface area (Å²) in [5.74, 6) is 0.00338. The number of nitrogens with one attached hydrogen (secondary N) is 6. The summed E-state index contributed by atoms with van der Waals surface area (Å²) in [7, 11) is 0. The first kappa shape index (κ1) is 39.9. The van der Waals surface area contributed by atoms with Gasteiger partial charge in [0.05, 0.1) is 24.5 Å². The summed E-state index contributed by atoms with van der Waals surface area (Å²) < 4.78 is 0. The molecule has 272 valence electrons. The molecule has 2 aromatic rings. The number of hydrogen-bond donors (Lipinski definition) is 6. The summed E-state index contributed by atoms with van der Waals surface area (Å²) in [5, 5.41) is 24.0. The number of nitrogens with zero attached hydrogens (tertiary/aromatic N) is 4. The van der Waals surface area contributed by atoms with E-state index in [1.165, 1.54) is 0 Å². The van der Waals surface area contributed by atoms with E-state index in [9.17, 15) is 14.4 Å². The third-order valence-electron chi connectivity index (χ3n) is 8.49. The number of carbonyl (C=O) groups is 3. The number of amides is 3. The molecule has 3 unspecified atom stereocenters. The Bertz CT molecular complexity index is 1130. The minimum absolute atomic E-state index is 0.0181. The monoisotopic (exact) mass is 680 g/mol. The third kappa shape index (κ3) is 16.2. The van der Waals surface area contributed by atoms with Gasteiger partial charge in [-0.2, -0.15) is 0 Å². The van der Waals surface area contributed by atoms with Gasteiger partial charge in [0.1, 0.15) is 0 Å². The lowest BCUT2D eigenvalue weighted by Gasteiger charge is -2.35. The van der Waals surface area contributed by atoms with E-state index in [1.807, 2.05) is 48.3 Å². The lowest BCUT2D eigenvalue weighted by Crippen LogP contribution is -2.55. The molecule has 13 nitrogen and oxygen atoms in total. The van der Waals surface area contributed by atoms with Crippen molar-refractivity contribution < 1.29 is 14.4 Å². The third-order valence-corrected chi connectivity index (χ3v) is 8.49. The van der Waals surface area contributed by atoms with Crippen molar-refractivity contribution in [3.8, 4) is 0 Å². The van der Waals surface area contributed by atoms with Gasteiger partial charge in [-0.3, -0.25) is 29.4 Å². The molecule has 0 aromatic carbocycles. The van der Waals surface area contributed by atoms with Crippen LogP contribution in [0.15, 0.2) is 48.8 Å². The summed E-state index contributed by atoms with van der Waals surface area (Å²) in [6, 6.07) is 11.1. The van der Waals surface area contributed by atoms with Gasteiger partial charge in [-0.25, -0.2) is 5.01 Å². The van der Waals surface area contributed by atoms with Crippen LogP contribution in [0, 0.1) is 0 Å². The predicted molar refractivity (Wildman–Crippen MR) is 193 cm³/mol. The van der Waals surface area contributed by atoms with E-state index in [0.29, 0.717) is 78.3 Å². The van der Waals surface area contributed by atoms with Gasteiger partial charge in [0, 0.05) is 102 Å². The first-order valence-electron chi connectivity index (χ1n) is 18.2. The maximum atomic E-state index is 14.2. The van der Waals surface area contributed by atoms with E-state index >= 15 is 0 Å². The molecule has 1 saturated heterocycles. The van der Waals surface area contributed by atoms with Crippen molar-refractivity contribution in [1.82, 2.24) is 51.9 Å². The Hall–Kier alpha value is -3.49. The highest BCUT2D eigenvalue weighted by Crippen LogP contribution is 2.13. The predicted octanol–water partition coefficient (Wildman–Crippen LogP) is 1.72. The summed E-state index contributed by atoms with van der Waals surface area (Å²) in [4.78, 5) is 48.7. The zero-order chi connectivity index (χ0) is 35.1. The molecule has 0 spiro atoms. The summed E-state index contributed by atoms with van der Waals surface area (Å²) in [6.07, 6.45) is 8.37. The van der Waals surface area contributed by atoms with E-state index in [4.69, 9.17) is 0 Å². The van der Waals surface area contributed by atoms with Gasteiger partial charge in [0.25, 0.3) is 0 Å². The maximum absolute atomic E-state index is 14.2. The lowest BCUT2D eigenvalue weighted by atomic mass is 10.1. The number of pyridine rings is 2. The van der Waals surface area contributed by atoms with Crippen LogP contribution in [0.3, 0.4) is 0 Å². The second-order valence-corrected chi connectivity index (χ2v) is 12.7. The summed E-state index contributed by atoms with van der Waals surface area (Å²) in [5.41, 5.74) is 1.71. The van der Waals surface area contributed by atoms with Crippen LogP contribution in [-0.2, 0) is 27.5 Å². The zero-order valence-corrected chi connectivity index (χ0v) is 29.9. The van der Waals surface area contributed by atoms with E-state index in [1.54, 1.807) is 17.4 Å². The molecule has 1 aliphatic rings. The van der Waals surface area contributed by atoms with Crippen molar-refractivity contribution in [1.29, 1.82) is 0 Å². The smallest absolute Gasteiger partial charge is 0.238 e. The van der Waals surface area contributed by atoms with Gasteiger partial charge in [0.15, 0.2) is 0 Å². The fourth-order valence-corrected chi connectivity index (χ4v) is 5.74. The molecule has 1 fully saturated rings. The minimum Gasteiger partial charge on any atom is -0.356 e. The number of unbranched alkanes of at least 4 members (excludes halogenated alkanes) is 2. The van der Waals surface area contributed by atoms with Crippen molar-refractivity contribution >= 4 is 17.7 Å². The SMILES string of the molecule is CCCCNC(=O)CC1CNCCNC(CC(=O)NCCCC)CNC(CC(=O)N(CC)N(Cc2ccccn2)Cc2ccccn2)CN1. The average molecular weight is 681 g/mol. The van der Waals surface area contributed by atoms with Crippen molar-refractivity contribution in [2.24, 2.45) is 0 Å². The molecule has 0 radical (unpaired) electrons. The highest BCUT2D eigenvalue weighted by molar-refractivity contribution is 5.77. The fraction of sp³-hybridized carbons (Fsp3) is 0.639. The Morgan fingerprint density at radius 3 is 1.73 bits per heavy atom. The first-order chi connectivity index (χ1) is 23.9. The van der Waals surface area contributed by atoms with Crippen molar-refractivity contribution in [2.45, 2.75) is 96.9 Å². The molecular weight excluding hydrogens is 620 g/mol.